The molecule has 0 aromatic carbocycles. The highest BCUT2D eigenvalue weighted by Crippen LogP contribution is 2.19. The molecule has 0 saturated carbocycles. The number of unbranched alkanes of at least 4 members (excludes halogenated alkanes) is 5. The van der Waals surface area contributed by atoms with E-state index in [-0.39, 0.29) is 12.2 Å². The van der Waals surface area contributed by atoms with Gasteiger partial charge < -0.3 is 9.84 Å². The van der Waals surface area contributed by atoms with E-state index in [1.807, 2.05) is 11.8 Å². The first-order valence-electron chi connectivity index (χ1n) is 6.72. The number of hydrogen-bond donors (Lipinski definition) is 1. The lowest BCUT2D eigenvalue weighted by molar-refractivity contribution is -0.0256. The first-order chi connectivity index (χ1) is 7.84. The second-order valence-electron chi connectivity index (χ2n) is 4.61. The van der Waals surface area contributed by atoms with Gasteiger partial charge >= 0.3 is 0 Å². The van der Waals surface area contributed by atoms with Gasteiger partial charge in [0.05, 0.1) is 18.8 Å². The number of rotatable bonds is 8. The highest BCUT2D eigenvalue weighted by Gasteiger charge is 2.22. The molecule has 0 spiro atoms. The maximum Gasteiger partial charge on any atom is 0.0924 e. The molecule has 1 aliphatic rings. The number of aliphatic hydroxyl groups excluding tert-OH is 1. The van der Waals surface area contributed by atoms with Crippen molar-refractivity contribution in [1.29, 1.82) is 0 Å². The van der Waals surface area contributed by atoms with Crippen LogP contribution in [0.3, 0.4) is 0 Å². The van der Waals surface area contributed by atoms with E-state index in [9.17, 15) is 5.11 Å². The third-order valence-electron chi connectivity index (χ3n) is 3.12. The lowest BCUT2D eigenvalue weighted by Crippen LogP contribution is -2.35. The van der Waals surface area contributed by atoms with Crippen LogP contribution in [0, 0.1) is 0 Å². The molecule has 1 N–H and O–H groups in total. The van der Waals surface area contributed by atoms with Crippen LogP contribution in [0.15, 0.2) is 0 Å². The second kappa shape index (κ2) is 9.32. The largest absolute Gasteiger partial charge is 0.390 e. The van der Waals surface area contributed by atoms with Crippen LogP contribution in [0.4, 0.5) is 0 Å². The molecule has 0 aliphatic carbocycles. The molecule has 0 radical (unpaired) electrons. The summed E-state index contributed by atoms with van der Waals surface area (Å²) >= 11 is 1.90. The van der Waals surface area contributed by atoms with E-state index >= 15 is 0 Å². The minimum atomic E-state index is -0.237. The van der Waals surface area contributed by atoms with Crippen LogP contribution in [0.2, 0.25) is 0 Å². The molecule has 96 valence electrons. The van der Waals surface area contributed by atoms with Crippen molar-refractivity contribution in [3.05, 3.63) is 0 Å². The van der Waals surface area contributed by atoms with Gasteiger partial charge in [-0.2, -0.15) is 11.8 Å². The van der Waals surface area contributed by atoms with E-state index < -0.39 is 0 Å². The molecule has 1 saturated heterocycles. The van der Waals surface area contributed by atoms with E-state index in [4.69, 9.17) is 4.74 Å². The summed E-state index contributed by atoms with van der Waals surface area (Å²) in [5.41, 5.74) is 0. The minimum Gasteiger partial charge on any atom is -0.390 e. The third kappa shape index (κ3) is 6.12. The Balaban J connectivity index is 1.94. The Morgan fingerprint density at radius 1 is 1.25 bits per heavy atom. The molecule has 1 aliphatic heterocycles. The molecule has 3 heteroatoms. The van der Waals surface area contributed by atoms with Crippen LogP contribution in [-0.2, 0) is 4.74 Å². The topological polar surface area (TPSA) is 29.5 Å². The third-order valence-corrected chi connectivity index (χ3v) is 4.14. The summed E-state index contributed by atoms with van der Waals surface area (Å²) in [6.07, 6.45) is 8.50. The fourth-order valence-electron chi connectivity index (χ4n) is 2.05. The second-order valence-corrected chi connectivity index (χ2v) is 5.76. The van der Waals surface area contributed by atoms with Gasteiger partial charge in [0.15, 0.2) is 0 Å². The molecule has 2 atom stereocenters. The normalized spacial score (nSPS) is 23.2. The van der Waals surface area contributed by atoms with Crippen molar-refractivity contribution in [2.24, 2.45) is 0 Å². The summed E-state index contributed by atoms with van der Waals surface area (Å²) in [5.74, 6) is 2.05. The zero-order chi connectivity index (χ0) is 11.6. The molecule has 0 bridgehead atoms. The Morgan fingerprint density at radius 3 is 2.69 bits per heavy atom. The number of hydrogen-bond acceptors (Lipinski definition) is 3. The quantitative estimate of drug-likeness (QED) is 0.667. The van der Waals surface area contributed by atoms with Crippen LogP contribution >= 0.6 is 11.8 Å². The van der Waals surface area contributed by atoms with Gasteiger partial charge in [-0.1, -0.05) is 45.4 Å². The van der Waals surface area contributed by atoms with Crippen molar-refractivity contribution >= 4 is 11.8 Å². The maximum absolute atomic E-state index is 9.94. The lowest BCUT2D eigenvalue weighted by Gasteiger charge is -2.26. The van der Waals surface area contributed by atoms with Crippen LogP contribution < -0.4 is 0 Å². The van der Waals surface area contributed by atoms with E-state index in [0.29, 0.717) is 0 Å². The number of ether oxygens (including phenoxy) is 1. The van der Waals surface area contributed by atoms with Gasteiger partial charge in [0.25, 0.3) is 0 Å². The predicted molar refractivity (Wildman–Crippen MR) is 71.1 cm³/mol. The van der Waals surface area contributed by atoms with Crippen molar-refractivity contribution in [1.82, 2.24) is 0 Å². The van der Waals surface area contributed by atoms with Gasteiger partial charge in [-0.3, -0.25) is 0 Å². The Morgan fingerprint density at radius 2 is 2.00 bits per heavy atom. The fourth-order valence-corrected chi connectivity index (χ4v) is 2.98. The average Bonchev–Trinajstić information content (AvgIpc) is 2.34. The Kier molecular flexibility index (Phi) is 8.34. The monoisotopic (exact) mass is 246 g/mol. The highest BCUT2D eigenvalue weighted by molar-refractivity contribution is 7.99. The molecule has 16 heavy (non-hydrogen) atoms. The zero-order valence-corrected chi connectivity index (χ0v) is 11.3. The zero-order valence-electron chi connectivity index (χ0n) is 10.5. The van der Waals surface area contributed by atoms with Crippen LogP contribution in [-0.4, -0.2) is 35.4 Å². The van der Waals surface area contributed by atoms with Gasteiger partial charge in [0.2, 0.25) is 0 Å². The predicted octanol–water partition coefficient (Wildman–Crippen LogP) is 3.23. The summed E-state index contributed by atoms with van der Waals surface area (Å²) in [6.45, 7) is 3.05. The van der Waals surface area contributed by atoms with Crippen LogP contribution in [0.25, 0.3) is 0 Å². The Hall–Kier alpha value is 0.270. The minimum absolute atomic E-state index is 0.0920. The van der Waals surface area contributed by atoms with Crippen molar-refractivity contribution < 1.29 is 9.84 Å². The molecule has 0 aromatic rings. The molecule has 1 heterocycles. The number of thioether (sulfide) groups is 1. The summed E-state index contributed by atoms with van der Waals surface area (Å²) in [6, 6.07) is 0. The van der Waals surface area contributed by atoms with Crippen LogP contribution in [0.5, 0.6) is 0 Å². The van der Waals surface area contributed by atoms with E-state index in [2.05, 4.69) is 6.92 Å². The van der Waals surface area contributed by atoms with E-state index in [0.717, 1.165) is 31.0 Å². The maximum atomic E-state index is 9.94. The standard InChI is InChI=1S/C13H26O2S/c1-2-3-4-5-6-7-8-12(14)13-11-16-10-9-15-13/h12-14H,2-11H2,1H3. The molecular formula is C13H26O2S. The smallest absolute Gasteiger partial charge is 0.0924 e. The average molecular weight is 246 g/mol. The first-order valence-corrected chi connectivity index (χ1v) is 7.87. The van der Waals surface area contributed by atoms with Crippen molar-refractivity contribution in [3.63, 3.8) is 0 Å². The first kappa shape index (κ1) is 14.3. The van der Waals surface area contributed by atoms with Crippen molar-refractivity contribution in [2.45, 2.75) is 64.1 Å². The van der Waals surface area contributed by atoms with E-state index in [1.165, 1.54) is 32.1 Å². The van der Waals surface area contributed by atoms with Gasteiger partial charge in [-0.05, 0) is 6.42 Å². The lowest BCUT2D eigenvalue weighted by atomic mass is 10.0. The van der Waals surface area contributed by atoms with Gasteiger partial charge in [0.1, 0.15) is 0 Å². The highest BCUT2D eigenvalue weighted by atomic mass is 32.2. The summed E-state index contributed by atoms with van der Waals surface area (Å²) in [5, 5.41) is 9.94. The molecule has 2 unspecified atom stereocenters. The summed E-state index contributed by atoms with van der Waals surface area (Å²) in [7, 11) is 0. The molecule has 2 nitrogen and oxygen atoms in total. The molecule has 0 aromatic heterocycles. The Labute approximate surface area is 104 Å². The number of aliphatic hydroxyl groups is 1. The molecule has 0 amide bonds. The van der Waals surface area contributed by atoms with E-state index in [1.54, 1.807) is 0 Å². The van der Waals surface area contributed by atoms with Gasteiger partial charge in [-0.15, -0.1) is 0 Å². The molecule has 1 fully saturated rings. The summed E-state index contributed by atoms with van der Waals surface area (Å²) < 4.78 is 5.56. The summed E-state index contributed by atoms with van der Waals surface area (Å²) in [4.78, 5) is 0. The van der Waals surface area contributed by atoms with Gasteiger partial charge in [-0.25, -0.2) is 0 Å². The molecular weight excluding hydrogens is 220 g/mol. The van der Waals surface area contributed by atoms with Crippen molar-refractivity contribution in [2.75, 3.05) is 18.1 Å². The SMILES string of the molecule is CCCCCCCCC(O)C1CSCCO1. The van der Waals surface area contributed by atoms with Crippen molar-refractivity contribution in [3.8, 4) is 0 Å². The Bertz CT molecular complexity index is 158. The van der Waals surface area contributed by atoms with Gasteiger partial charge in [0, 0.05) is 11.5 Å². The fraction of sp³-hybridized carbons (Fsp3) is 1.00. The van der Waals surface area contributed by atoms with Crippen LogP contribution in [0.1, 0.15) is 51.9 Å². The molecule has 1 rings (SSSR count).